The first-order valence-electron chi connectivity index (χ1n) is 8.47. The number of fused-ring (bicyclic) bond motifs is 3. The smallest absolute Gasteiger partial charge is 0.143 e. The van der Waals surface area contributed by atoms with Gasteiger partial charge < -0.3 is 15.2 Å². The molecular formula is C21H20BrNO2. The summed E-state index contributed by atoms with van der Waals surface area (Å²) >= 11 is 3.53. The lowest BCUT2D eigenvalue weighted by Crippen LogP contribution is -2.29. The number of hydrogen-bond donors (Lipinski definition) is 2. The molecule has 25 heavy (non-hydrogen) atoms. The summed E-state index contributed by atoms with van der Waals surface area (Å²) in [6.45, 7) is 4.20. The van der Waals surface area contributed by atoms with Crippen LogP contribution in [0.15, 0.2) is 65.7 Å². The van der Waals surface area contributed by atoms with Gasteiger partial charge in [0, 0.05) is 16.0 Å². The van der Waals surface area contributed by atoms with Crippen molar-refractivity contribution in [3.63, 3.8) is 0 Å². The minimum absolute atomic E-state index is 0.0264. The van der Waals surface area contributed by atoms with E-state index in [1.807, 2.05) is 24.3 Å². The van der Waals surface area contributed by atoms with Gasteiger partial charge in [0.15, 0.2) is 0 Å². The Kier molecular flexibility index (Phi) is 4.30. The van der Waals surface area contributed by atoms with Crippen molar-refractivity contribution in [1.29, 1.82) is 0 Å². The van der Waals surface area contributed by atoms with Crippen molar-refractivity contribution in [3.05, 3.63) is 76.8 Å². The van der Waals surface area contributed by atoms with Crippen molar-refractivity contribution < 1.29 is 9.84 Å². The topological polar surface area (TPSA) is 41.5 Å². The Morgan fingerprint density at radius 2 is 2.16 bits per heavy atom. The molecular weight excluding hydrogens is 378 g/mol. The molecule has 0 fully saturated rings. The van der Waals surface area contributed by atoms with E-state index in [0.717, 1.165) is 27.9 Å². The number of allylic oxidation sites excluding steroid dienone is 2. The van der Waals surface area contributed by atoms with Crippen molar-refractivity contribution in [3.8, 4) is 11.5 Å². The summed E-state index contributed by atoms with van der Waals surface area (Å²) in [7, 11) is 0. The average molecular weight is 398 g/mol. The molecule has 0 saturated carbocycles. The quantitative estimate of drug-likeness (QED) is 0.664. The highest BCUT2D eigenvalue weighted by molar-refractivity contribution is 9.10. The van der Waals surface area contributed by atoms with Crippen LogP contribution in [0.4, 0.5) is 5.69 Å². The highest BCUT2D eigenvalue weighted by Gasteiger charge is 2.39. The Hall–Kier alpha value is -2.20. The van der Waals surface area contributed by atoms with Gasteiger partial charge in [0.1, 0.15) is 18.1 Å². The molecule has 0 spiro atoms. The molecule has 1 aliphatic heterocycles. The SMILES string of the molecule is C=CCOc1cccc2c1NC(c1cc(Br)ccc1O)C1CC=CC21. The molecule has 3 atom stereocenters. The van der Waals surface area contributed by atoms with E-state index in [-0.39, 0.29) is 6.04 Å². The molecule has 0 radical (unpaired) electrons. The predicted molar refractivity (Wildman–Crippen MR) is 104 cm³/mol. The van der Waals surface area contributed by atoms with E-state index >= 15 is 0 Å². The van der Waals surface area contributed by atoms with Gasteiger partial charge in [-0.3, -0.25) is 0 Å². The van der Waals surface area contributed by atoms with Crippen molar-refractivity contribution in [1.82, 2.24) is 0 Å². The summed E-state index contributed by atoms with van der Waals surface area (Å²) in [5, 5.41) is 14.1. The third-order valence-electron chi connectivity index (χ3n) is 5.04. The number of hydrogen-bond acceptors (Lipinski definition) is 3. The average Bonchev–Trinajstić information content (AvgIpc) is 3.11. The number of nitrogens with one attached hydrogen (secondary N) is 1. The number of benzene rings is 2. The van der Waals surface area contributed by atoms with Crippen LogP contribution in [0.25, 0.3) is 0 Å². The molecule has 1 aliphatic carbocycles. The third-order valence-corrected chi connectivity index (χ3v) is 5.53. The summed E-state index contributed by atoms with van der Waals surface area (Å²) in [5.41, 5.74) is 3.19. The van der Waals surface area contributed by atoms with Gasteiger partial charge in [0.25, 0.3) is 0 Å². The fourth-order valence-corrected chi connectivity index (χ4v) is 4.32. The van der Waals surface area contributed by atoms with E-state index in [9.17, 15) is 5.11 Å². The van der Waals surface area contributed by atoms with Crippen molar-refractivity contribution in [2.45, 2.75) is 18.4 Å². The molecule has 2 N–H and O–H groups in total. The van der Waals surface area contributed by atoms with Crippen LogP contribution in [0.5, 0.6) is 11.5 Å². The van der Waals surface area contributed by atoms with E-state index in [4.69, 9.17) is 4.74 Å². The fraction of sp³-hybridized carbons (Fsp3) is 0.238. The molecule has 0 bridgehead atoms. The minimum Gasteiger partial charge on any atom is -0.508 e. The van der Waals surface area contributed by atoms with Crippen LogP contribution in [0.3, 0.4) is 0 Å². The molecule has 2 aliphatic rings. The van der Waals surface area contributed by atoms with Gasteiger partial charge in [-0.1, -0.05) is 52.9 Å². The lowest BCUT2D eigenvalue weighted by molar-refractivity contribution is 0.356. The van der Waals surface area contributed by atoms with Crippen LogP contribution in [0.2, 0.25) is 0 Å². The van der Waals surface area contributed by atoms with Crippen molar-refractivity contribution in [2.24, 2.45) is 5.92 Å². The number of rotatable bonds is 4. The maximum absolute atomic E-state index is 10.4. The van der Waals surface area contributed by atoms with E-state index in [1.54, 1.807) is 12.1 Å². The monoisotopic (exact) mass is 397 g/mol. The number of aromatic hydroxyl groups is 1. The highest BCUT2D eigenvalue weighted by Crippen LogP contribution is 2.53. The summed E-state index contributed by atoms with van der Waals surface area (Å²) in [6, 6.07) is 11.8. The molecule has 2 aromatic carbocycles. The summed E-state index contributed by atoms with van der Waals surface area (Å²) in [5.74, 6) is 1.85. The Balaban J connectivity index is 1.80. The van der Waals surface area contributed by atoms with Crippen molar-refractivity contribution >= 4 is 21.6 Å². The number of phenols is 1. The van der Waals surface area contributed by atoms with Gasteiger partial charge >= 0.3 is 0 Å². The van der Waals surface area contributed by atoms with Crippen LogP contribution < -0.4 is 10.1 Å². The summed E-state index contributed by atoms with van der Waals surface area (Å²) in [4.78, 5) is 0. The van der Waals surface area contributed by atoms with Gasteiger partial charge in [0.05, 0.1) is 11.7 Å². The number of anilines is 1. The predicted octanol–water partition coefficient (Wildman–Crippen LogP) is 5.55. The Morgan fingerprint density at radius 3 is 3.00 bits per heavy atom. The van der Waals surface area contributed by atoms with E-state index < -0.39 is 0 Å². The second-order valence-corrected chi connectivity index (χ2v) is 7.41. The van der Waals surface area contributed by atoms with Gasteiger partial charge in [-0.25, -0.2) is 0 Å². The Morgan fingerprint density at radius 1 is 1.28 bits per heavy atom. The molecule has 2 aromatic rings. The van der Waals surface area contributed by atoms with Gasteiger partial charge in [-0.15, -0.1) is 0 Å². The zero-order chi connectivity index (χ0) is 17.4. The first-order chi connectivity index (χ1) is 12.2. The second-order valence-electron chi connectivity index (χ2n) is 6.50. The molecule has 0 saturated heterocycles. The minimum atomic E-state index is 0.0264. The molecule has 4 heteroatoms. The first-order valence-corrected chi connectivity index (χ1v) is 9.26. The summed E-state index contributed by atoms with van der Waals surface area (Å²) < 4.78 is 6.83. The molecule has 4 rings (SSSR count). The van der Waals surface area contributed by atoms with Gasteiger partial charge in [-0.05, 0) is 42.2 Å². The van der Waals surface area contributed by atoms with Crippen LogP contribution in [-0.4, -0.2) is 11.7 Å². The lowest BCUT2D eigenvalue weighted by Gasteiger charge is -2.38. The van der Waals surface area contributed by atoms with Crippen LogP contribution in [0, 0.1) is 5.92 Å². The summed E-state index contributed by atoms with van der Waals surface area (Å²) in [6.07, 6.45) is 7.26. The molecule has 128 valence electrons. The molecule has 3 unspecified atom stereocenters. The molecule has 1 heterocycles. The van der Waals surface area contributed by atoms with Gasteiger partial charge in [0.2, 0.25) is 0 Å². The molecule has 0 amide bonds. The Bertz CT molecular complexity index is 846. The molecule has 0 aromatic heterocycles. The zero-order valence-corrected chi connectivity index (χ0v) is 15.4. The maximum Gasteiger partial charge on any atom is 0.143 e. The zero-order valence-electron chi connectivity index (χ0n) is 13.8. The Labute approximate surface area is 156 Å². The van der Waals surface area contributed by atoms with E-state index in [1.165, 1.54) is 5.56 Å². The maximum atomic E-state index is 10.4. The normalized spacial score (nSPS) is 23.5. The van der Waals surface area contributed by atoms with Crippen LogP contribution in [-0.2, 0) is 0 Å². The second kappa shape index (κ2) is 6.60. The number of halogens is 1. The number of ether oxygens (including phenoxy) is 1. The van der Waals surface area contributed by atoms with Gasteiger partial charge in [-0.2, -0.15) is 0 Å². The largest absolute Gasteiger partial charge is 0.508 e. The standard InChI is InChI=1S/C21H20BrNO2/c1-2-11-25-19-8-4-7-16-14-5-3-6-15(14)20(23-21(16)19)17-12-13(22)9-10-18(17)24/h2-5,7-10,12,14-15,20,23-24H,1,6,11H2. The lowest BCUT2D eigenvalue weighted by atomic mass is 9.76. The number of phenolic OH excluding ortho intramolecular Hbond substituents is 1. The van der Waals surface area contributed by atoms with Crippen LogP contribution in [0.1, 0.15) is 29.5 Å². The van der Waals surface area contributed by atoms with Crippen LogP contribution >= 0.6 is 15.9 Å². The van der Waals surface area contributed by atoms with E-state index in [0.29, 0.717) is 24.2 Å². The fourth-order valence-electron chi connectivity index (χ4n) is 3.94. The molecule has 3 nitrogen and oxygen atoms in total. The van der Waals surface area contributed by atoms with Crippen molar-refractivity contribution in [2.75, 3.05) is 11.9 Å². The number of para-hydroxylation sites is 1. The first kappa shape index (κ1) is 16.3. The van der Waals surface area contributed by atoms with E-state index in [2.05, 4.69) is 46.0 Å². The highest BCUT2D eigenvalue weighted by atomic mass is 79.9. The third kappa shape index (κ3) is 2.85.